The molecule has 15 aliphatic rings. The lowest BCUT2D eigenvalue weighted by Crippen LogP contribution is -2.79. The number of phenols is 1. The van der Waals surface area contributed by atoms with Gasteiger partial charge >= 0.3 is 0 Å². The first-order chi connectivity index (χ1) is 46.4. The Morgan fingerprint density at radius 3 is 2.56 bits per heavy atom. The van der Waals surface area contributed by atoms with Crippen molar-refractivity contribution in [2.75, 3.05) is 11.9 Å². The molecule has 10 bridgehead atoms. The molecule has 5 aliphatic heterocycles. The van der Waals surface area contributed by atoms with Gasteiger partial charge in [0.1, 0.15) is 41.5 Å². The molecule has 7 spiro atoms. The number of benzene rings is 3. The van der Waals surface area contributed by atoms with Crippen molar-refractivity contribution in [2.45, 2.75) is 194 Å². The second-order valence-corrected chi connectivity index (χ2v) is 31.9. The number of rotatable bonds is 2. The number of Topliss-reactive ketones (excluding diaryl/α,β-unsaturated/α-hetero) is 1. The number of aromatic hydroxyl groups is 1. The topological polar surface area (TPSA) is 298 Å². The minimum Gasteiger partial charge on any atom is -0.507 e. The fourth-order valence-corrected chi connectivity index (χ4v) is 24.0. The van der Waals surface area contributed by atoms with Gasteiger partial charge in [0.25, 0.3) is 5.79 Å². The molecule has 10 aliphatic carbocycles. The molecular formula is C78H79N7O11. The zero-order valence-corrected chi connectivity index (χ0v) is 53.7. The number of phenolic OH excluding ortho intramolecular Hbond substituents is 1. The Balaban J connectivity index is 0.854. The molecule has 0 amide bonds. The number of hydrogen-bond donors (Lipinski definition) is 11. The lowest BCUT2D eigenvalue weighted by Gasteiger charge is -2.64. The van der Waals surface area contributed by atoms with Crippen LogP contribution in [-0.2, 0) is 26.8 Å². The van der Waals surface area contributed by atoms with Gasteiger partial charge in [-0.05, 0) is 201 Å². The number of pyridine rings is 1. The van der Waals surface area contributed by atoms with Gasteiger partial charge in [-0.3, -0.25) is 14.4 Å². The number of H-pyrrole nitrogens is 2. The number of anilines is 1. The van der Waals surface area contributed by atoms with Gasteiger partial charge in [0, 0.05) is 93.6 Å². The lowest BCUT2D eigenvalue weighted by molar-refractivity contribution is -0.366. The summed E-state index contributed by atoms with van der Waals surface area (Å²) < 4.78 is 15.2. The number of hydrogen-bond acceptors (Lipinski definition) is 16. The van der Waals surface area contributed by atoms with Crippen molar-refractivity contribution < 1.29 is 54.5 Å². The third-order valence-electron chi connectivity index (χ3n) is 27.8. The second-order valence-electron chi connectivity index (χ2n) is 31.9. The fraction of sp³-hybridized carbons (Fsp3) is 0.500. The van der Waals surface area contributed by atoms with Gasteiger partial charge < -0.3 is 66.4 Å². The molecule has 5 saturated carbocycles. The maximum Gasteiger partial charge on any atom is 0.261 e. The average Bonchev–Trinajstić information content (AvgIpc) is 1.27. The molecule has 12 N–H and O–H groups in total. The fourth-order valence-electron chi connectivity index (χ4n) is 24.0. The smallest absolute Gasteiger partial charge is 0.261 e. The number of carbonyl (C=O) groups excluding carboxylic acids is 3. The van der Waals surface area contributed by atoms with Gasteiger partial charge in [-0.2, -0.15) is 0 Å². The highest BCUT2D eigenvalue weighted by Gasteiger charge is 2.77. The van der Waals surface area contributed by atoms with Crippen LogP contribution in [-0.4, -0.2) is 116 Å². The summed E-state index contributed by atoms with van der Waals surface area (Å²) in [5.41, 5.74) is 10.2. The first-order valence-electron chi connectivity index (χ1n) is 35.4. The zero-order valence-electron chi connectivity index (χ0n) is 53.7. The Labute approximate surface area is 554 Å². The quantitative estimate of drug-likeness (QED) is 0.0720. The molecule has 1 saturated heterocycles. The Morgan fingerprint density at radius 1 is 0.844 bits per heavy atom. The van der Waals surface area contributed by atoms with Crippen LogP contribution in [0, 0.1) is 58.7 Å². The van der Waals surface area contributed by atoms with Crippen LogP contribution < -0.4 is 21.1 Å². The van der Waals surface area contributed by atoms with E-state index in [0.717, 1.165) is 103 Å². The van der Waals surface area contributed by atoms with Crippen molar-refractivity contribution in [3.05, 3.63) is 157 Å². The standard InChI is InChI=1S/C78H79N7O11/c1-37-24-48-56(52(87)25-37)63(90)58-53-29-47-46(57(58)62(48)89)15-23-81-70(47)82-34-55(88)75-19-12-39-6-4-7-41-8-5-9-42-31-74(18-13-44(86)28-43(74)27-38-10-11-45-40(26-38)14-22-80-69(45)79)65-66(84-36-83-65)77(41,42)54-30-49(59(39)75)61(85-54)50-32-76(95-53)67(92)64(91)68(93)78(96-76)60(50)51(75)33-73(71(78)94)21-20-72(35-73)16-2-3-17-72/h10-11,14-15,22-26,29-30,32,36,39,41-43,55,59,64,67-69,71,80,85,87-88,91-94H,2-3,5,7-9,12-13,16-21,27-28,31,33-35,79H2,1H3,(H,81,82)(H,83,84). The number of nitrogens with two attached hydrogens (primary N) is 1. The first kappa shape index (κ1) is 58.4. The van der Waals surface area contributed by atoms with Gasteiger partial charge in [0.05, 0.1) is 46.5 Å². The van der Waals surface area contributed by atoms with E-state index in [0.29, 0.717) is 97.4 Å². The Morgan fingerprint density at radius 2 is 1.70 bits per heavy atom. The van der Waals surface area contributed by atoms with Crippen LogP contribution in [0.2, 0.25) is 0 Å². The number of aliphatic hydroxyl groups is 5. The predicted octanol–water partition coefficient (Wildman–Crippen LogP) is 9.07. The van der Waals surface area contributed by atoms with E-state index in [9.17, 15) is 35.4 Å². The summed E-state index contributed by atoms with van der Waals surface area (Å²) in [5, 5.41) is 88.1. The van der Waals surface area contributed by atoms with Crippen LogP contribution in [0.4, 0.5) is 5.82 Å². The highest BCUT2D eigenvalue weighted by atomic mass is 16.7. The van der Waals surface area contributed by atoms with Crippen LogP contribution in [0.3, 0.4) is 0 Å². The molecule has 6 aromatic rings. The number of fused-ring (bicyclic) bond motifs is 9. The van der Waals surface area contributed by atoms with Crippen LogP contribution >= 0.6 is 0 Å². The van der Waals surface area contributed by atoms with Gasteiger partial charge in [-0.1, -0.05) is 49.0 Å². The normalized spacial score (nSPS) is 38.8. The number of aliphatic hydroxyl groups excluding tert-OH is 5. The van der Waals surface area contributed by atoms with Crippen molar-refractivity contribution in [3.8, 4) is 23.3 Å². The van der Waals surface area contributed by atoms with Gasteiger partial charge in [0.2, 0.25) is 5.78 Å². The molecule has 21 rings (SSSR count). The van der Waals surface area contributed by atoms with E-state index in [4.69, 9.17) is 25.2 Å². The summed E-state index contributed by atoms with van der Waals surface area (Å²) >= 11 is 0. The number of aromatic nitrogens is 4. The number of nitrogens with zero attached hydrogens (tertiary/aromatic N) is 2. The minimum atomic E-state index is -2.54. The third-order valence-corrected chi connectivity index (χ3v) is 27.8. The molecule has 17 atom stereocenters. The highest BCUT2D eigenvalue weighted by Crippen LogP contribution is 2.75. The van der Waals surface area contributed by atoms with Crippen molar-refractivity contribution >= 4 is 45.6 Å². The van der Waals surface area contributed by atoms with E-state index in [1.165, 1.54) is 6.07 Å². The molecule has 0 radical (unpaired) electrons. The maximum atomic E-state index is 15.6. The van der Waals surface area contributed by atoms with E-state index in [1.807, 2.05) is 12.5 Å². The Kier molecular flexibility index (Phi) is 11.9. The number of aromatic amines is 2. The molecule has 17 unspecified atom stereocenters. The molecule has 3 aromatic carbocycles. The Hall–Kier alpha value is -7.73. The van der Waals surface area contributed by atoms with E-state index >= 15 is 9.59 Å². The first-order valence-corrected chi connectivity index (χ1v) is 35.4. The summed E-state index contributed by atoms with van der Waals surface area (Å²) in [5.74, 6) is 3.05. The van der Waals surface area contributed by atoms with Crippen LogP contribution in [0.5, 0.6) is 11.5 Å². The molecular weight excluding hydrogens is 1210 g/mol. The van der Waals surface area contributed by atoms with Crippen LogP contribution in [0.1, 0.15) is 210 Å². The number of carbonyl (C=O) groups is 3. The van der Waals surface area contributed by atoms with Crippen molar-refractivity contribution in [3.63, 3.8) is 0 Å². The predicted molar refractivity (Wildman–Crippen MR) is 353 cm³/mol. The van der Waals surface area contributed by atoms with Gasteiger partial charge in [-0.25, -0.2) is 9.97 Å². The van der Waals surface area contributed by atoms with Gasteiger partial charge in [0.15, 0.2) is 17.5 Å². The second kappa shape index (κ2) is 19.6. The molecule has 6 fully saturated rings. The monoisotopic (exact) mass is 1290 g/mol. The number of ether oxygens (including phenoxy) is 2. The average molecular weight is 1290 g/mol. The van der Waals surface area contributed by atoms with Crippen molar-refractivity contribution in [1.82, 2.24) is 25.3 Å². The summed E-state index contributed by atoms with van der Waals surface area (Å²) in [6, 6.07) is 15.1. The van der Waals surface area contributed by atoms with E-state index in [-0.39, 0.29) is 81.4 Å². The minimum absolute atomic E-state index is 0.00221. The molecule has 96 heavy (non-hydrogen) atoms. The van der Waals surface area contributed by atoms with E-state index in [1.54, 1.807) is 37.4 Å². The van der Waals surface area contributed by atoms with Gasteiger partial charge in [-0.15, -0.1) is 5.92 Å². The van der Waals surface area contributed by atoms with Crippen LogP contribution in [0.25, 0.3) is 22.4 Å². The SMILES string of the molecule is Cc1cc(O)c2c(c1)C(=O)c1c(c3cc4c(nccc14)NCC(O)C14CCC5C#CCC6CCCC7CC8(CCC(=O)CC8Cc8ccc9c(c8)C=CNC9N)c8nc[nH]c8C67c6cc(c([nH]6)C6=CC7(O3)OC3(C6=C1CC1(CCC6(CCCC6)C1)C3O)C(O)C(O)C7O)C54)C2=O. The molecule has 18 heteroatoms. The molecule has 492 valence electrons. The summed E-state index contributed by atoms with van der Waals surface area (Å²) in [6.45, 7) is 1.67. The largest absolute Gasteiger partial charge is 0.507 e. The number of ketones is 3. The zero-order chi connectivity index (χ0) is 65.1. The summed E-state index contributed by atoms with van der Waals surface area (Å²) in [7, 11) is 0. The summed E-state index contributed by atoms with van der Waals surface area (Å²) in [4.78, 5) is 63.6. The van der Waals surface area contributed by atoms with E-state index in [2.05, 4.69) is 62.8 Å². The molecule has 18 nitrogen and oxygen atoms in total. The maximum absolute atomic E-state index is 15.6. The Bertz CT molecular complexity index is 4700. The third kappa shape index (κ3) is 7.15. The van der Waals surface area contributed by atoms with Crippen LogP contribution in [0.15, 0.2) is 84.5 Å². The van der Waals surface area contributed by atoms with Crippen molar-refractivity contribution in [1.29, 1.82) is 0 Å². The highest BCUT2D eigenvalue weighted by molar-refractivity contribution is 6.34. The van der Waals surface area contributed by atoms with E-state index < -0.39 is 86.8 Å². The summed E-state index contributed by atoms with van der Waals surface area (Å²) in [6.07, 6.45) is 13.6. The number of aryl methyl sites for hydroxylation is 1. The molecule has 3 aromatic heterocycles. The number of nitrogens with one attached hydrogen (secondary N) is 4. The molecule has 8 heterocycles. The lowest BCUT2D eigenvalue weighted by atomic mass is 9.45. The number of imidazole rings is 1. The van der Waals surface area contributed by atoms with Crippen molar-refractivity contribution in [2.24, 2.45) is 45.7 Å².